The van der Waals surface area contributed by atoms with Crippen LogP contribution in [0.25, 0.3) is 0 Å². The van der Waals surface area contributed by atoms with Crippen molar-refractivity contribution in [2.75, 3.05) is 18.4 Å². The molecular weight excluding hydrogens is 342 g/mol. The lowest BCUT2D eigenvalue weighted by molar-refractivity contribution is -0.126. The zero-order chi connectivity index (χ0) is 17.1. The van der Waals surface area contributed by atoms with Crippen molar-refractivity contribution in [3.8, 4) is 5.75 Å². The van der Waals surface area contributed by atoms with Gasteiger partial charge in [0, 0.05) is 6.54 Å². The molecule has 0 saturated carbocycles. The van der Waals surface area contributed by atoms with Crippen LogP contribution >= 0.6 is 12.4 Å². The minimum absolute atomic E-state index is 0. The summed E-state index contributed by atoms with van der Waals surface area (Å²) in [7, 11) is 0. The summed E-state index contributed by atoms with van der Waals surface area (Å²) in [6.07, 6.45) is 2.14. The fourth-order valence-electron chi connectivity index (χ4n) is 3.19. The lowest BCUT2D eigenvalue weighted by atomic mass is 9.97. The molecule has 2 amide bonds. The standard InChI is InChI=1S/C18H25N3O3.ClH/c1-3-15-18(23)21-14-7-6-12(9-16(14)24-15)11(2)20-17(22)13-5-4-8-19-10-13;/h6-7,9,11,13,15,19H,3-5,8,10H2,1-2H3,(H,20,22)(H,21,23);1H. The van der Waals surface area contributed by atoms with Crippen molar-refractivity contribution < 1.29 is 14.3 Å². The summed E-state index contributed by atoms with van der Waals surface area (Å²) in [6, 6.07) is 5.55. The number of hydrogen-bond donors (Lipinski definition) is 3. The number of rotatable bonds is 4. The van der Waals surface area contributed by atoms with Crippen LogP contribution in [0.3, 0.4) is 0 Å². The Morgan fingerprint density at radius 3 is 2.92 bits per heavy atom. The van der Waals surface area contributed by atoms with E-state index in [2.05, 4.69) is 16.0 Å². The Morgan fingerprint density at radius 2 is 2.24 bits per heavy atom. The normalized spacial score (nSPS) is 23.4. The van der Waals surface area contributed by atoms with Crippen molar-refractivity contribution in [3.63, 3.8) is 0 Å². The maximum absolute atomic E-state index is 12.4. The number of benzene rings is 1. The highest BCUT2D eigenvalue weighted by Gasteiger charge is 2.27. The molecule has 0 radical (unpaired) electrons. The fraction of sp³-hybridized carbons (Fsp3) is 0.556. The minimum Gasteiger partial charge on any atom is -0.478 e. The Labute approximate surface area is 154 Å². The quantitative estimate of drug-likeness (QED) is 0.763. The SMILES string of the molecule is CCC1Oc2cc(C(C)NC(=O)C3CCCNC3)ccc2NC1=O.Cl. The Hall–Kier alpha value is -1.79. The highest BCUT2D eigenvalue weighted by atomic mass is 35.5. The molecule has 0 bridgehead atoms. The summed E-state index contributed by atoms with van der Waals surface area (Å²) in [5, 5.41) is 9.21. The molecule has 0 aromatic heterocycles. The highest BCUT2D eigenvalue weighted by molar-refractivity contribution is 5.97. The summed E-state index contributed by atoms with van der Waals surface area (Å²) in [6.45, 7) is 5.62. The Kier molecular flexibility index (Phi) is 6.67. The highest BCUT2D eigenvalue weighted by Crippen LogP contribution is 2.33. The van der Waals surface area contributed by atoms with Gasteiger partial charge in [-0.15, -0.1) is 12.4 Å². The number of carbonyl (C=O) groups excluding carboxylic acids is 2. The number of halogens is 1. The molecule has 1 aromatic rings. The van der Waals surface area contributed by atoms with Crippen LogP contribution < -0.4 is 20.7 Å². The summed E-state index contributed by atoms with van der Waals surface area (Å²) >= 11 is 0. The summed E-state index contributed by atoms with van der Waals surface area (Å²) in [4.78, 5) is 24.2. The molecule has 6 nitrogen and oxygen atoms in total. The molecular formula is C18H26ClN3O3. The van der Waals surface area contributed by atoms with Crippen LogP contribution in [-0.4, -0.2) is 31.0 Å². The lowest BCUT2D eigenvalue weighted by Gasteiger charge is -2.27. The van der Waals surface area contributed by atoms with Crippen molar-refractivity contribution in [2.45, 2.75) is 45.3 Å². The molecule has 0 spiro atoms. The van der Waals surface area contributed by atoms with Gasteiger partial charge in [-0.25, -0.2) is 0 Å². The first-order valence-electron chi connectivity index (χ1n) is 8.71. The summed E-state index contributed by atoms with van der Waals surface area (Å²) < 4.78 is 5.77. The minimum atomic E-state index is -0.453. The average Bonchev–Trinajstić information content (AvgIpc) is 2.61. The van der Waals surface area contributed by atoms with E-state index in [-0.39, 0.29) is 36.2 Å². The molecule has 1 aromatic carbocycles. The Balaban J connectivity index is 0.00000225. The van der Waals surface area contributed by atoms with Gasteiger partial charge in [-0.3, -0.25) is 9.59 Å². The molecule has 0 aliphatic carbocycles. The first-order valence-corrected chi connectivity index (χ1v) is 8.71. The topological polar surface area (TPSA) is 79.5 Å². The molecule has 3 atom stereocenters. The molecule has 25 heavy (non-hydrogen) atoms. The molecule has 3 rings (SSSR count). The van der Waals surface area contributed by atoms with Crippen molar-refractivity contribution in [1.29, 1.82) is 0 Å². The van der Waals surface area contributed by atoms with Crippen LogP contribution in [0.2, 0.25) is 0 Å². The van der Waals surface area contributed by atoms with Gasteiger partial charge in [-0.05, 0) is 50.4 Å². The van der Waals surface area contributed by atoms with E-state index in [1.807, 2.05) is 32.0 Å². The second-order valence-electron chi connectivity index (χ2n) is 6.53. The van der Waals surface area contributed by atoms with E-state index < -0.39 is 6.10 Å². The first kappa shape index (κ1) is 19.5. The number of nitrogens with one attached hydrogen (secondary N) is 3. The van der Waals surface area contributed by atoms with Crippen molar-refractivity contribution in [1.82, 2.24) is 10.6 Å². The first-order chi connectivity index (χ1) is 11.6. The van der Waals surface area contributed by atoms with E-state index in [1.165, 1.54) is 0 Å². The van der Waals surface area contributed by atoms with Crippen molar-refractivity contribution >= 4 is 29.9 Å². The largest absolute Gasteiger partial charge is 0.478 e. The van der Waals surface area contributed by atoms with Crippen molar-refractivity contribution in [3.05, 3.63) is 23.8 Å². The van der Waals surface area contributed by atoms with Gasteiger partial charge in [0.05, 0.1) is 17.6 Å². The molecule has 1 saturated heterocycles. The number of ether oxygens (including phenoxy) is 1. The Morgan fingerprint density at radius 1 is 1.44 bits per heavy atom. The van der Waals surface area contributed by atoms with Crippen LogP contribution in [0.4, 0.5) is 5.69 Å². The number of piperidine rings is 1. The van der Waals surface area contributed by atoms with E-state index in [4.69, 9.17) is 4.74 Å². The average molecular weight is 368 g/mol. The third kappa shape index (κ3) is 4.44. The molecule has 2 aliphatic heterocycles. The zero-order valence-electron chi connectivity index (χ0n) is 14.6. The lowest BCUT2D eigenvalue weighted by Crippen LogP contribution is -2.41. The molecule has 2 heterocycles. The maximum Gasteiger partial charge on any atom is 0.265 e. The van der Waals surface area contributed by atoms with E-state index >= 15 is 0 Å². The summed E-state index contributed by atoms with van der Waals surface area (Å²) in [5.74, 6) is 0.690. The van der Waals surface area contributed by atoms with Gasteiger partial charge < -0.3 is 20.7 Å². The molecule has 1 fully saturated rings. The monoisotopic (exact) mass is 367 g/mol. The predicted octanol–water partition coefficient (Wildman–Crippen LogP) is 2.39. The molecule has 3 N–H and O–H groups in total. The van der Waals surface area contributed by atoms with Crippen molar-refractivity contribution in [2.24, 2.45) is 5.92 Å². The second-order valence-corrected chi connectivity index (χ2v) is 6.53. The summed E-state index contributed by atoms with van der Waals surface area (Å²) in [5.41, 5.74) is 1.65. The van der Waals surface area contributed by atoms with Gasteiger partial charge in [0.25, 0.3) is 5.91 Å². The third-order valence-electron chi connectivity index (χ3n) is 4.72. The zero-order valence-corrected chi connectivity index (χ0v) is 15.4. The van der Waals surface area contributed by atoms with Gasteiger partial charge in [0.1, 0.15) is 5.75 Å². The number of hydrogen-bond acceptors (Lipinski definition) is 4. The van der Waals surface area contributed by atoms with Crippen LogP contribution in [0.15, 0.2) is 18.2 Å². The maximum atomic E-state index is 12.4. The van der Waals surface area contributed by atoms with Gasteiger partial charge in [0.15, 0.2) is 6.10 Å². The van der Waals surface area contributed by atoms with Gasteiger partial charge >= 0.3 is 0 Å². The van der Waals surface area contributed by atoms with Gasteiger partial charge in [-0.2, -0.15) is 0 Å². The molecule has 3 unspecified atom stereocenters. The van der Waals surface area contributed by atoms with Gasteiger partial charge in [0.2, 0.25) is 5.91 Å². The van der Waals surface area contributed by atoms with E-state index in [1.54, 1.807) is 0 Å². The van der Waals surface area contributed by atoms with E-state index in [0.717, 1.165) is 31.5 Å². The number of amides is 2. The molecule has 138 valence electrons. The van der Waals surface area contributed by atoms with Crippen LogP contribution in [0, 0.1) is 5.92 Å². The van der Waals surface area contributed by atoms with Crippen LogP contribution in [0.1, 0.15) is 44.7 Å². The fourth-order valence-corrected chi connectivity index (χ4v) is 3.19. The Bertz CT molecular complexity index is 632. The van der Waals surface area contributed by atoms with E-state index in [0.29, 0.717) is 17.9 Å². The number of carbonyl (C=O) groups is 2. The van der Waals surface area contributed by atoms with Crippen LogP contribution in [-0.2, 0) is 9.59 Å². The molecule has 7 heteroatoms. The molecule has 2 aliphatic rings. The number of anilines is 1. The number of fused-ring (bicyclic) bond motifs is 1. The third-order valence-corrected chi connectivity index (χ3v) is 4.72. The van der Waals surface area contributed by atoms with E-state index in [9.17, 15) is 9.59 Å². The second kappa shape index (κ2) is 8.54. The predicted molar refractivity (Wildman–Crippen MR) is 99.2 cm³/mol. The smallest absolute Gasteiger partial charge is 0.265 e. The van der Waals surface area contributed by atoms with Crippen LogP contribution in [0.5, 0.6) is 5.75 Å². The van der Waals surface area contributed by atoms with Gasteiger partial charge in [-0.1, -0.05) is 13.0 Å².